The largest absolute Gasteiger partial charge is 0.469 e. The first-order chi connectivity index (χ1) is 8.56. The number of pyridine rings is 1. The minimum atomic E-state index is -0.301. The summed E-state index contributed by atoms with van der Waals surface area (Å²) >= 11 is 0. The Bertz CT molecular complexity index is 625. The lowest BCUT2D eigenvalue weighted by atomic mass is 10.1. The van der Waals surface area contributed by atoms with Gasteiger partial charge in [-0.3, -0.25) is 9.59 Å². The Morgan fingerprint density at radius 2 is 2.06 bits per heavy atom. The highest BCUT2D eigenvalue weighted by atomic mass is 16.5. The van der Waals surface area contributed by atoms with Gasteiger partial charge in [-0.2, -0.15) is 0 Å². The van der Waals surface area contributed by atoms with Crippen molar-refractivity contribution >= 4 is 17.3 Å². The number of rotatable bonds is 3. The molecule has 0 aliphatic rings. The zero-order valence-electron chi connectivity index (χ0n) is 10.7. The monoisotopic (exact) mass is 245 g/mol. The number of nitrogens with zero attached hydrogens (tertiary/aromatic N) is 1. The van der Waals surface area contributed by atoms with Gasteiger partial charge in [0.15, 0.2) is 5.78 Å². The zero-order chi connectivity index (χ0) is 13.3. The van der Waals surface area contributed by atoms with Gasteiger partial charge in [0.25, 0.3) is 0 Å². The number of esters is 1. The molecule has 0 aliphatic carbocycles. The summed E-state index contributed by atoms with van der Waals surface area (Å²) in [6, 6.07) is 5.65. The van der Waals surface area contributed by atoms with Crippen molar-refractivity contribution < 1.29 is 14.3 Å². The van der Waals surface area contributed by atoms with Crippen LogP contribution in [0.5, 0.6) is 0 Å². The smallest absolute Gasteiger partial charge is 0.310 e. The second-order valence-electron chi connectivity index (χ2n) is 4.22. The highest BCUT2D eigenvalue weighted by Crippen LogP contribution is 2.24. The summed E-state index contributed by atoms with van der Waals surface area (Å²) in [6.45, 7) is 3.39. The quantitative estimate of drug-likeness (QED) is 0.615. The van der Waals surface area contributed by atoms with Gasteiger partial charge in [-0.15, -0.1) is 0 Å². The van der Waals surface area contributed by atoms with Crippen molar-refractivity contribution in [2.24, 2.45) is 0 Å². The number of ketones is 1. The molecule has 0 aromatic carbocycles. The van der Waals surface area contributed by atoms with Gasteiger partial charge >= 0.3 is 5.97 Å². The molecule has 0 amide bonds. The van der Waals surface area contributed by atoms with Crippen LogP contribution in [0.1, 0.15) is 28.5 Å². The first kappa shape index (κ1) is 12.4. The van der Waals surface area contributed by atoms with E-state index in [2.05, 4.69) is 0 Å². The van der Waals surface area contributed by atoms with Crippen molar-refractivity contribution in [2.75, 3.05) is 7.11 Å². The summed E-state index contributed by atoms with van der Waals surface area (Å²) < 4.78 is 6.52. The maximum absolute atomic E-state index is 11.7. The molecule has 0 fully saturated rings. The average molecular weight is 245 g/mol. The van der Waals surface area contributed by atoms with E-state index in [1.807, 2.05) is 35.7 Å². The molecule has 0 N–H and O–H groups in total. The van der Waals surface area contributed by atoms with Crippen molar-refractivity contribution in [2.45, 2.75) is 20.3 Å². The van der Waals surface area contributed by atoms with Gasteiger partial charge in [0.05, 0.1) is 19.2 Å². The number of hydrogen-bond donors (Lipinski definition) is 0. The van der Waals surface area contributed by atoms with Crippen molar-refractivity contribution in [3.05, 3.63) is 41.2 Å². The Morgan fingerprint density at radius 3 is 2.67 bits per heavy atom. The van der Waals surface area contributed by atoms with Crippen LogP contribution in [0.2, 0.25) is 0 Å². The fourth-order valence-corrected chi connectivity index (χ4v) is 2.27. The Kier molecular flexibility index (Phi) is 3.19. The van der Waals surface area contributed by atoms with Gasteiger partial charge < -0.3 is 9.14 Å². The minimum absolute atomic E-state index is 0.00943. The van der Waals surface area contributed by atoms with Crippen LogP contribution < -0.4 is 0 Å². The number of fused-ring (bicyclic) bond motifs is 1. The van der Waals surface area contributed by atoms with Crippen LogP contribution in [-0.4, -0.2) is 23.3 Å². The van der Waals surface area contributed by atoms with Crippen molar-refractivity contribution in [3.63, 3.8) is 0 Å². The number of carbonyl (C=O) groups is 2. The second-order valence-corrected chi connectivity index (χ2v) is 4.22. The van der Waals surface area contributed by atoms with Crippen LogP contribution in [0.4, 0.5) is 0 Å². The summed E-state index contributed by atoms with van der Waals surface area (Å²) in [4.78, 5) is 23.2. The van der Waals surface area contributed by atoms with E-state index in [4.69, 9.17) is 4.74 Å². The van der Waals surface area contributed by atoms with Crippen LogP contribution >= 0.6 is 0 Å². The summed E-state index contributed by atoms with van der Waals surface area (Å²) in [5.74, 6) is -0.311. The van der Waals surface area contributed by atoms with E-state index in [0.29, 0.717) is 5.69 Å². The van der Waals surface area contributed by atoms with Gasteiger partial charge in [0.1, 0.15) is 0 Å². The first-order valence-corrected chi connectivity index (χ1v) is 5.72. The molecule has 2 aromatic heterocycles. The van der Waals surface area contributed by atoms with Crippen molar-refractivity contribution in [1.29, 1.82) is 0 Å². The molecule has 0 radical (unpaired) electrons. The van der Waals surface area contributed by atoms with Gasteiger partial charge in [0, 0.05) is 18.6 Å². The molecule has 0 spiro atoms. The zero-order valence-corrected chi connectivity index (χ0v) is 10.7. The van der Waals surface area contributed by atoms with Gasteiger partial charge in [-0.25, -0.2) is 0 Å². The van der Waals surface area contributed by atoms with E-state index in [1.54, 1.807) is 0 Å². The lowest BCUT2D eigenvalue weighted by molar-refractivity contribution is -0.139. The molecule has 0 aliphatic heterocycles. The molecule has 94 valence electrons. The van der Waals surface area contributed by atoms with Crippen LogP contribution in [0, 0.1) is 6.92 Å². The van der Waals surface area contributed by atoms with Gasteiger partial charge in [-0.1, -0.05) is 6.07 Å². The molecule has 2 rings (SSSR count). The third-order valence-electron chi connectivity index (χ3n) is 3.10. The van der Waals surface area contributed by atoms with Gasteiger partial charge in [-0.05, 0) is 30.2 Å². The van der Waals surface area contributed by atoms with Crippen LogP contribution in [0.3, 0.4) is 0 Å². The summed E-state index contributed by atoms with van der Waals surface area (Å²) in [5.41, 5.74) is 3.21. The molecule has 18 heavy (non-hydrogen) atoms. The van der Waals surface area contributed by atoms with E-state index in [9.17, 15) is 9.59 Å². The van der Waals surface area contributed by atoms with Crippen LogP contribution in [0.25, 0.3) is 5.52 Å². The Balaban J connectivity index is 2.69. The number of hydrogen-bond acceptors (Lipinski definition) is 3. The predicted octanol–water partition coefficient (Wildman–Crippen LogP) is 2.17. The van der Waals surface area contributed by atoms with Gasteiger partial charge in [0.2, 0.25) is 0 Å². The average Bonchev–Trinajstić information content (AvgIpc) is 2.62. The van der Waals surface area contributed by atoms with E-state index in [-0.39, 0.29) is 18.2 Å². The highest BCUT2D eigenvalue weighted by Gasteiger charge is 2.19. The lowest BCUT2D eigenvalue weighted by Crippen LogP contribution is -2.05. The molecule has 0 saturated heterocycles. The lowest BCUT2D eigenvalue weighted by Gasteiger charge is -2.00. The molecule has 0 saturated carbocycles. The van der Waals surface area contributed by atoms with Crippen molar-refractivity contribution in [1.82, 2.24) is 4.40 Å². The molecule has 4 heteroatoms. The van der Waals surface area contributed by atoms with E-state index < -0.39 is 0 Å². The second kappa shape index (κ2) is 4.64. The molecule has 0 unspecified atom stereocenters. The van der Waals surface area contributed by atoms with E-state index in [0.717, 1.165) is 16.6 Å². The minimum Gasteiger partial charge on any atom is -0.469 e. The standard InChI is InChI=1S/C14H15NO3/c1-9-11(8-13(17)18-3)12-6-4-5-7-15(12)14(9)10(2)16/h4-7H,8H2,1-3H3. The number of carbonyl (C=O) groups excluding carboxylic acids is 2. The Labute approximate surface area is 105 Å². The molecule has 4 nitrogen and oxygen atoms in total. The maximum atomic E-state index is 11.7. The topological polar surface area (TPSA) is 47.8 Å². The molecule has 2 aromatic rings. The molecule has 0 atom stereocenters. The Morgan fingerprint density at radius 1 is 1.33 bits per heavy atom. The third kappa shape index (κ3) is 1.90. The molecule has 2 heterocycles. The number of Topliss-reactive ketones (excluding diaryl/α,β-unsaturated/α-hetero) is 1. The fourth-order valence-electron chi connectivity index (χ4n) is 2.27. The molecular formula is C14H15NO3. The van der Waals surface area contributed by atoms with Crippen LogP contribution in [0.15, 0.2) is 24.4 Å². The maximum Gasteiger partial charge on any atom is 0.310 e. The molecule has 0 bridgehead atoms. The Hall–Kier alpha value is -2.10. The number of methoxy groups -OCH3 is 1. The predicted molar refractivity (Wildman–Crippen MR) is 67.9 cm³/mol. The summed E-state index contributed by atoms with van der Waals surface area (Å²) in [5, 5.41) is 0. The first-order valence-electron chi connectivity index (χ1n) is 5.72. The number of aromatic nitrogens is 1. The van der Waals surface area contributed by atoms with E-state index in [1.165, 1.54) is 14.0 Å². The molecular weight excluding hydrogens is 230 g/mol. The van der Waals surface area contributed by atoms with E-state index >= 15 is 0 Å². The fraction of sp³-hybridized carbons (Fsp3) is 0.286. The normalized spacial score (nSPS) is 10.6. The number of ether oxygens (including phenoxy) is 1. The third-order valence-corrected chi connectivity index (χ3v) is 3.10. The highest BCUT2D eigenvalue weighted by molar-refractivity contribution is 5.97. The SMILES string of the molecule is COC(=O)Cc1c(C)c(C(C)=O)n2ccccc12. The summed E-state index contributed by atoms with van der Waals surface area (Å²) in [6.07, 6.45) is 2.02. The van der Waals surface area contributed by atoms with Crippen molar-refractivity contribution in [3.8, 4) is 0 Å². The summed E-state index contributed by atoms with van der Waals surface area (Å²) in [7, 11) is 1.36. The van der Waals surface area contributed by atoms with Crippen LogP contribution in [-0.2, 0) is 16.0 Å².